The zero-order valence-electron chi connectivity index (χ0n) is 10.5. The summed E-state index contributed by atoms with van der Waals surface area (Å²) in [6.45, 7) is 1.88. The molecule has 0 unspecified atom stereocenters. The lowest BCUT2D eigenvalue weighted by atomic mass is 10.1. The van der Waals surface area contributed by atoms with Crippen LogP contribution in [0.25, 0.3) is 0 Å². The third-order valence-electron chi connectivity index (χ3n) is 3.30. The summed E-state index contributed by atoms with van der Waals surface area (Å²) in [6, 6.07) is 1.48. The molecule has 0 bridgehead atoms. The monoisotopic (exact) mass is 272 g/mol. The number of halogens is 3. The van der Waals surface area contributed by atoms with Crippen molar-refractivity contribution in [2.24, 2.45) is 5.92 Å². The average molecular weight is 272 g/mol. The topological polar surface area (TPSA) is 32.3 Å². The maximum atomic E-state index is 13.1. The SMILES string of the molecule is CNC[C@@H]1CCN(C(=O)c2cc(F)c(F)c(F)c2)C1. The number of carbonyl (C=O) groups excluding carboxylic acids is 1. The highest BCUT2D eigenvalue weighted by atomic mass is 19.2. The minimum absolute atomic E-state index is 0.151. The Bertz CT molecular complexity index is 470. The summed E-state index contributed by atoms with van der Waals surface area (Å²) < 4.78 is 39.0. The molecule has 104 valence electrons. The molecule has 1 amide bonds. The molecule has 0 aromatic heterocycles. The van der Waals surface area contributed by atoms with Gasteiger partial charge in [0.25, 0.3) is 5.91 Å². The Hall–Kier alpha value is -1.56. The van der Waals surface area contributed by atoms with E-state index in [0.29, 0.717) is 19.0 Å². The number of benzene rings is 1. The van der Waals surface area contributed by atoms with Gasteiger partial charge in [0.2, 0.25) is 0 Å². The Kier molecular flexibility index (Phi) is 4.09. The van der Waals surface area contributed by atoms with Crippen LogP contribution in [0, 0.1) is 23.4 Å². The van der Waals surface area contributed by atoms with E-state index in [1.165, 1.54) is 4.90 Å². The number of rotatable bonds is 3. The van der Waals surface area contributed by atoms with Crippen LogP contribution in [0.1, 0.15) is 16.8 Å². The summed E-state index contributed by atoms with van der Waals surface area (Å²) in [5, 5.41) is 3.03. The first-order valence-electron chi connectivity index (χ1n) is 6.11. The van der Waals surface area contributed by atoms with Crippen molar-refractivity contribution in [2.45, 2.75) is 6.42 Å². The normalized spacial score (nSPS) is 18.9. The molecular formula is C13H15F3N2O. The number of amides is 1. The molecule has 1 aromatic carbocycles. The predicted molar refractivity (Wildman–Crippen MR) is 64.3 cm³/mol. The second-order valence-electron chi connectivity index (χ2n) is 4.72. The second kappa shape index (κ2) is 5.61. The molecule has 6 heteroatoms. The maximum Gasteiger partial charge on any atom is 0.254 e. The molecule has 3 nitrogen and oxygen atoms in total. The van der Waals surface area contributed by atoms with Crippen molar-refractivity contribution in [1.29, 1.82) is 0 Å². The number of nitrogens with one attached hydrogen (secondary N) is 1. The molecule has 0 aliphatic carbocycles. The van der Waals surface area contributed by atoms with Crippen LogP contribution < -0.4 is 5.32 Å². The average Bonchev–Trinajstić information content (AvgIpc) is 2.83. The summed E-state index contributed by atoms with van der Waals surface area (Å²) in [6.07, 6.45) is 0.846. The lowest BCUT2D eigenvalue weighted by molar-refractivity contribution is 0.0786. The van der Waals surface area contributed by atoms with Gasteiger partial charge < -0.3 is 10.2 Å². The van der Waals surface area contributed by atoms with Gasteiger partial charge in [0.05, 0.1) is 0 Å². The molecule has 1 N–H and O–H groups in total. The highest BCUT2D eigenvalue weighted by Crippen LogP contribution is 2.20. The molecule has 1 saturated heterocycles. The highest BCUT2D eigenvalue weighted by molar-refractivity contribution is 5.94. The third kappa shape index (κ3) is 2.89. The minimum atomic E-state index is -1.55. The van der Waals surface area contributed by atoms with Gasteiger partial charge in [0.1, 0.15) is 0 Å². The number of likely N-dealkylation sites (tertiary alicyclic amines) is 1. The van der Waals surface area contributed by atoms with Gasteiger partial charge in [-0.3, -0.25) is 4.79 Å². The van der Waals surface area contributed by atoms with Gasteiger partial charge in [-0.1, -0.05) is 0 Å². The Morgan fingerprint density at radius 3 is 2.58 bits per heavy atom. The van der Waals surface area contributed by atoms with Gasteiger partial charge in [-0.15, -0.1) is 0 Å². The molecule has 1 aliphatic heterocycles. The minimum Gasteiger partial charge on any atom is -0.338 e. The molecule has 1 aliphatic rings. The summed E-state index contributed by atoms with van der Waals surface area (Å²) in [4.78, 5) is 13.6. The molecule has 0 spiro atoms. The zero-order valence-corrected chi connectivity index (χ0v) is 10.5. The van der Waals surface area contributed by atoms with Crippen LogP contribution in [0.4, 0.5) is 13.2 Å². The largest absolute Gasteiger partial charge is 0.338 e. The molecule has 2 rings (SSSR count). The Balaban J connectivity index is 2.13. The highest BCUT2D eigenvalue weighted by Gasteiger charge is 2.27. The number of hydrogen-bond acceptors (Lipinski definition) is 2. The molecule has 1 aromatic rings. The lowest BCUT2D eigenvalue weighted by Crippen LogP contribution is -2.30. The quantitative estimate of drug-likeness (QED) is 0.851. The van der Waals surface area contributed by atoms with Gasteiger partial charge in [-0.2, -0.15) is 0 Å². The van der Waals surface area contributed by atoms with Crippen LogP contribution in [-0.4, -0.2) is 37.5 Å². The van der Waals surface area contributed by atoms with Gasteiger partial charge in [0, 0.05) is 18.7 Å². The Labute approximate surface area is 109 Å². The van der Waals surface area contributed by atoms with Gasteiger partial charge in [-0.05, 0) is 38.1 Å². The van der Waals surface area contributed by atoms with Crippen molar-refractivity contribution in [3.63, 3.8) is 0 Å². The van der Waals surface area contributed by atoms with Crippen molar-refractivity contribution in [3.05, 3.63) is 35.1 Å². The van der Waals surface area contributed by atoms with Crippen LogP contribution in [-0.2, 0) is 0 Å². The first-order valence-corrected chi connectivity index (χ1v) is 6.11. The fraction of sp³-hybridized carbons (Fsp3) is 0.462. The molecule has 19 heavy (non-hydrogen) atoms. The Morgan fingerprint density at radius 1 is 1.37 bits per heavy atom. The first kappa shape index (κ1) is 13.9. The van der Waals surface area contributed by atoms with E-state index >= 15 is 0 Å². The summed E-state index contributed by atoms with van der Waals surface area (Å²) >= 11 is 0. The molecule has 1 fully saturated rings. The van der Waals surface area contributed by atoms with E-state index in [1.807, 2.05) is 7.05 Å². The van der Waals surface area contributed by atoms with Crippen LogP contribution >= 0.6 is 0 Å². The number of carbonyl (C=O) groups is 1. The van der Waals surface area contributed by atoms with Crippen molar-refractivity contribution >= 4 is 5.91 Å². The summed E-state index contributed by atoms with van der Waals surface area (Å²) in [5.41, 5.74) is -0.151. The fourth-order valence-corrected chi connectivity index (χ4v) is 2.33. The van der Waals surface area contributed by atoms with E-state index < -0.39 is 23.4 Å². The van der Waals surface area contributed by atoms with Gasteiger partial charge in [0.15, 0.2) is 17.5 Å². The van der Waals surface area contributed by atoms with Crippen LogP contribution in [0.3, 0.4) is 0 Å². The van der Waals surface area contributed by atoms with E-state index in [2.05, 4.69) is 5.32 Å². The standard InChI is InChI=1S/C13H15F3N2O/c1-17-6-8-2-3-18(7-8)13(19)9-4-10(14)12(16)11(15)5-9/h4-5,8,17H,2-3,6-7H2,1H3/t8-/m0/s1. The zero-order chi connectivity index (χ0) is 14.0. The predicted octanol–water partition coefficient (Wildman–Crippen LogP) is 1.79. The van der Waals surface area contributed by atoms with Crippen LogP contribution in [0.5, 0.6) is 0 Å². The van der Waals surface area contributed by atoms with E-state index in [4.69, 9.17) is 0 Å². The van der Waals surface area contributed by atoms with E-state index in [-0.39, 0.29) is 5.56 Å². The summed E-state index contributed by atoms with van der Waals surface area (Å²) in [7, 11) is 1.83. The first-order chi connectivity index (χ1) is 9.02. The Morgan fingerprint density at radius 2 is 2.00 bits per heavy atom. The molecule has 1 atom stereocenters. The van der Waals surface area contributed by atoms with Crippen LogP contribution in [0.2, 0.25) is 0 Å². The van der Waals surface area contributed by atoms with Gasteiger partial charge >= 0.3 is 0 Å². The number of nitrogens with zero attached hydrogens (tertiary/aromatic N) is 1. The van der Waals surface area contributed by atoms with E-state index in [1.54, 1.807) is 0 Å². The van der Waals surface area contributed by atoms with E-state index in [9.17, 15) is 18.0 Å². The lowest BCUT2D eigenvalue weighted by Gasteiger charge is -2.16. The fourth-order valence-electron chi connectivity index (χ4n) is 2.33. The number of hydrogen-bond donors (Lipinski definition) is 1. The van der Waals surface area contributed by atoms with Crippen molar-refractivity contribution < 1.29 is 18.0 Å². The molecule has 0 saturated carbocycles. The van der Waals surface area contributed by atoms with Crippen LogP contribution in [0.15, 0.2) is 12.1 Å². The van der Waals surface area contributed by atoms with Crippen molar-refractivity contribution in [1.82, 2.24) is 10.2 Å². The maximum absolute atomic E-state index is 13.1. The summed E-state index contributed by atoms with van der Waals surface area (Å²) in [5.74, 6) is -4.35. The van der Waals surface area contributed by atoms with Crippen molar-refractivity contribution in [3.8, 4) is 0 Å². The van der Waals surface area contributed by atoms with Crippen molar-refractivity contribution in [2.75, 3.05) is 26.7 Å². The van der Waals surface area contributed by atoms with E-state index in [0.717, 1.165) is 25.1 Å². The van der Waals surface area contributed by atoms with Gasteiger partial charge in [-0.25, -0.2) is 13.2 Å². The molecular weight excluding hydrogens is 257 g/mol. The molecule has 1 heterocycles. The third-order valence-corrected chi connectivity index (χ3v) is 3.30. The molecule has 0 radical (unpaired) electrons. The second-order valence-corrected chi connectivity index (χ2v) is 4.72. The smallest absolute Gasteiger partial charge is 0.254 e.